The zero-order valence-corrected chi connectivity index (χ0v) is 19.9. The summed E-state index contributed by atoms with van der Waals surface area (Å²) in [6, 6.07) is 31.4. The fourth-order valence-electron chi connectivity index (χ4n) is 3.35. The Bertz CT molecular complexity index is 1280. The number of amides is 2. The Morgan fingerprint density at radius 2 is 1.29 bits per heavy atom. The molecule has 170 valence electrons. The Morgan fingerprint density at radius 3 is 1.94 bits per heavy atom. The van der Waals surface area contributed by atoms with E-state index in [1.165, 1.54) is 5.56 Å². The van der Waals surface area contributed by atoms with Crippen molar-refractivity contribution in [2.75, 3.05) is 17.2 Å². The minimum Gasteiger partial charge on any atom is -0.492 e. The van der Waals surface area contributed by atoms with Crippen molar-refractivity contribution in [3.63, 3.8) is 0 Å². The molecule has 0 aliphatic carbocycles. The highest BCUT2D eigenvalue weighted by molar-refractivity contribution is 9.10. The van der Waals surface area contributed by atoms with Gasteiger partial charge < -0.3 is 15.4 Å². The highest BCUT2D eigenvalue weighted by Crippen LogP contribution is 2.27. The van der Waals surface area contributed by atoms with Gasteiger partial charge in [-0.05, 0) is 70.0 Å². The molecule has 0 unspecified atom stereocenters. The summed E-state index contributed by atoms with van der Waals surface area (Å²) in [6.45, 7) is 0.537. The molecule has 4 aromatic rings. The van der Waals surface area contributed by atoms with Crippen LogP contribution in [0.25, 0.3) is 0 Å². The van der Waals surface area contributed by atoms with Crippen molar-refractivity contribution < 1.29 is 14.3 Å². The van der Waals surface area contributed by atoms with E-state index in [0.717, 1.165) is 6.42 Å². The monoisotopic (exact) mass is 514 g/mol. The lowest BCUT2D eigenvalue weighted by molar-refractivity contribution is 0.101. The van der Waals surface area contributed by atoms with E-state index in [1.807, 2.05) is 36.4 Å². The number of rotatable bonds is 8. The molecule has 0 saturated carbocycles. The zero-order valence-electron chi connectivity index (χ0n) is 18.3. The highest BCUT2D eigenvalue weighted by atomic mass is 79.9. The molecule has 2 N–H and O–H groups in total. The van der Waals surface area contributed by atoms with Crippen molar-refractivity contribution in [3.05, 3.63) is 124 Å². The molecule has 0 aliphatic rings. The van der Waals surface area contributed by atoms with Gasteiger partial charge in [0, 0.05) is 28.9 Å². The molecule has 34 heavy (non-hydrogen) atoms. The largest absolute Gasteiger partial charge is 0.492 e. The summed E-state index contributed by atoms with van der Waals surface area (Å²) in [5.74, 6) is 0.206. The van der Waals surface area contributed by atoms with E-state index in [9.17, 15) is 9.59 Å². The molecule has 0 aromatic heterocycles. The van der Waals surface area contributed by atoms with Gasteiger partial charge in [-0.2, -0.15) is 0 Å². The summed E-state index contributed by atoms with van der Waals surface area (Å²) in [6.07, 6.45) is 0.798. The Labute approximate surface area is 206 Å². The fraction of sp³-hybridized carbons (Fsp3) is 0.0714. The topological polar surface area (TPSA) is 67.4 Å². The number of nitrogens with one attached hydrogen (secondary N) is 2. The van der Waals surface area contributed by atoms with Gasteiger partial charge in [0.1, 0.15) is 5.75 Å². The van der Waals surface area contributed by atoms with Crippen molar-refractivity contribution >= 4 is 39.1 Å². The van der Waals surface area contributed by atoms with Crippen molar-refractivity contribution in [1.82, 2.24) is 0 Å². The van der Waals surface area contributed by atoms with E-state index >= 15 is 0 Å². The van der Waals surface area contributed by atoms with Gasteiger partial charge in [0.25, 0.3) is 11.8 Å². The van der Waals surface area contributed by atoms with Gasteiger partial charge >= 0.3 is 0 Å². The third-order valence-corrected chi connectivity index (χ3v) is 5.72. The van der Waals surface area contributed by atoms with Gasteiger partial charge in [-0.15, -0.1) is 0 Å². The van der Waals surface area contributed by atoms with Crippen LogP contribution in [0.3, 0.4) is 0 Å². The molecule has 0 atom stereocenters. The summed E-state index contributed by atoms with van der Waals surface area (Å²) < 4.78 is 6.57. The summed E-state index contributed by atoms with van der Waals surface area (Å²) >= 11 is 3.50. The van der Waals surface area contributed by atoms with Gasteiger partial charge in [-0.3, -0.25) is 9.59 Å². The molecule has 0 radical (unpaired) electrons. The quantitative estimate of drug-likeness (QED) is 0.279. The van der Waals surface area contributed by atoms with Gasteiger partial charge in [0.2, 0.25) is 0 Å². The number of halogens is 1. The molecule has 0 fully saturated rings. The Morgan fingerprint density at radius 1 is 0.676 bits per heavy atom. The first-order valence-electron chi connectivity index (χ1n) is 10.8. The standard InChI is InChI=1S/C28H23BrN2O3/c29-25-18-22(14-15-26(25)34-17-16-20-8-3-1-4-9-20)28(33)31-24-13-7-12-23(19-24)30-27(32)21-10-5-2-6-11-21/h1-15,18-19H,16-17H2,(H,30,32)(H,31,33). The maximum Gasteiger partial charge on any atom is 0.255 e. The third-order valence-electron chi connectivity index (χ3n) is 5.10. The van der Waals surface area contributed by atoms with Crippen LogP contribution in [-0.4, -0.2) is 18.4 Å². The van der Waals surface area contributed by atoms with Crippen LogP contribution in [-0.2, 0) is 6.42 Å². The zero-order chi connectivity index (χ0) is 23.8. The Kier molecular flexibility index (Phi) is 7.73. The third kappa shape index (κ3) is 6.33. The van der Waals surface area contributed by atoms with Crippen LogP contribution in [0.15, 0.2) is 108 Å². The average molecular weight is 515 g/mol. The SMILES string of the molecule is O=C(Nc1cccc(NC(=O)c2ccc(OCCc3ccccc3)c(Br)c2)c1)c1ccccc1. The van der Waals surface area contributed by atoms with Crippen molar-refractivity contribution in [2.45, 2.75) is 6.42 Å². The highest BCUT2D eigenvalue weighted by Gasteiger charge is 2.11. The van der Waals surface area contributed by atoms with Gasteiger partial charge in [0.05, 0.1) is 11.1 Å². The molecular weight excluding hydrogens is 492 g/mol. The molecule has 4 aromatic carbocycles. The first-order chi connectivity index (χ1) is 16.6. The minimum atomic E-state index is -0.261. The average Bonchev–Trinajstić information content (AvgIpc) is 2.86. The van der Waals surface area contributed by atoms with Gasteiger partial charge in [-0.1, -0.05) is 54.6 Å². The van der Waals surface area contributed by atoms with Crippen LogP contribution < -0.4 is 15.4 Å². The Balaban J connectivity index is 1.35. The van der Waals surface area contributed by atoms with Crippen LogP contribution in [0.4, 0.5) is 11.4 Å². The number of carbonyl (C=O) groups excluding carboxylic acids is 2. The summed E-state index contributed by atoms with van der Waals surface area (Å²) in [7, 11) is 0. The van der Waals surface area contributed by atoms with Gasteiger partial charge in [-0.25, -0.2) is 0 Å². The number of anilines is 2. The van der Waals surface area contributed by atoms with E-state index in [-0.39, 0.29) is 11.8 Å². The van der Waals surface area contributed by atoms with E-state index in [0.29, 0.717) is 39.3 Å². The lowest BCUT2D eigenvalue weighted by atomic mass is 10.1. The lowest BCUT2D eigenvalue weighted by Gasteiger charge is -2.11. The molecule has 0 saturated heterocycles. The first kappa shape index (κ1) is 23.3. The lowest BCUT2D eigenvalue weighted by Crippen LogP contribution is -2.14. The van der Waals surface area contributed by atoms with Crippen LogP contribution >= 0.6 is 15.9 Å². The van der Waals surface area contributed by atoms with E-state index < -0.39 is 0 Å². The van der Waals surface area contributed by atoms with Crippen LogP contribution in [0, 0.1) is 0 Å². The normalized spacial score (nSPS) is 10.4. The fourth-order valence-corrected chi connectivity index (χ4v) is 3.85. The number of carbonyl (C=O) groups is 2. The second-order valence-corrected chi connectivity index (χ2v) is 8.44. The van der Waals surface area contributed by atoms with Crippen LogP contribution in [0.5, 0.6) is 5.75 Å². The molecular formula is C28H23BrN2O3. The van der Waals surface area contributed by atoms with E-state index in [2.05, 4.69) is 38.7 Å². The van der Waals surface area contributed by atoms with Crippen LogP contribution in [0.1, 0.15) is 26.3 Å². The Hall–Kier alpha value is -3.90. The number of hydrogen-bond acceptors (Lipinski definition) is 3. The minimum absolute atomic E-state index is 0.212. The first-order valence-corrected chi connectivity index (χ1v) is 11.6. The molecule has 2 amide bonds. The van der Waals surface area contributed by atoms with Crippen molar-refractivity contribution in [2.24, 2.45) is 0 Å². The van der Waals surface area contributed by atoms with E-state index in [4.69, 9.17) is 4.74 Å². The molecule has 0 aliphatic heterocycles. The molecule has 0 bridgehead atoms. The number of hydrogen-bond donors (Lipinski definition) is 2. The van der Waals surface area contributed by atoms with Crippen molar-refractivity contribution in [1.29, 1.82) is 0 Å². The van der Waals surface area contributed by atoms with Gasteiger partial charge in [0.15, 0.2) is 0 Å². The summed E-state index contributed by atoms with van der Waals surface area (Å²) in [5, 5.41) is 5.72. The predicted molar refractivity (Wildman–Crippen MR) is 139 cm³/mol. The predicted octanol–water partition coefficient (Wildman–Crippen LogP) is 6.58. The maximum atomic E-state index is 12.8. The molecule has 5 nitrogen and oxygen atoms in total. The van der Waals surface area contributed by atoms with Crippen molar-refractivity contribution in [3.8, 4) is 5.75 Å². The molecule has 0 spiro atoms. The second kappa shape index (κ2) is 11.3. The number of benzene rings is 4. The van der Waals surface area contributed by atoms with E-state index in [1.54, 1.807) is 54.6 Å². The molecule has 0 heterocycles. The molecule has 4 rings (SSSR count). The summed E-state index contributed by atoms with van der Waals surface area (Å²) in [4.78, 5) is 25.2. The van der Waals surface area contributed by atoms with Crippen LogP contribution in [0.2, 0.25) is 0 Å². The smallest absolute Gasteiger partial charge is 0.255 e. The summed E-state index contributed by atoms with van der Waals surface area (Å²) in [5.41, 5.74) is 3.43. The second-order valence-electron chi connectivity index (χ2n) is 7.58. The molecule has 6 heteroatoms. The number of ether oxygens (including phenoxy) is 1. The maximum absolute atomic E-state index is 12.8.